The second-order valence-corrected chi connectivity index (χ2v) is 4.83. The van der Waals surface area contributed by atoms with Crippen molar-refractivity contribution in [3.05, 3.63) is 71.3 Å². The lowest BCUT2D eigenvalue weighted by Crippen LogP contribution is -2.32. The molecule has 0 spiro atoms. The van der Waals surface area contributed by atoms with Gasteiger partial charge in [0.25, 0.3) is 0 Å². The van der Waals surface area contributed by atoms with Crippen LogP contribution in [0.3, 0.4) is 0 Å². The van der Waals surface area contributed by atoms with E-state index in [1.54, 1.807) is 24.8 Å². The van der Waals surface area contributed by atoms with E-state index in [9.17, 15) is 4.79 Å². The van der Waals surface area contributed by atoms with E-state index in [4.69, 9.17) is 0 Å². The number of pyridine rings is 2. The Bertz CT molecular complexity index is 631. The summed E-state index contributed by atoms with van der Waals surface area (Å²) in [4.78, 5) is 20.5. The van der Waals surface area contributed by atoms with Gasteiger partial charge in [0.1, 0.15) is 0 Å². The summed E-state index contributed by atoms with van der Waals surface area (Å²) in [6.45, 7) is 1.18. The molecule has 0 radical (unpaired) electrons. The fraction of sp³-hybridized carbons (Fsp3) is 0.118. The summed E-state index contributed by atoms with van der Waals surface area (Å²) in [6.07, 6.45) is 10.7. The van der Waals surface area contributed by atoms with Crippen molar-refractivity contribution in [2.75, 3.05) is 13.1 Å². The molecular weight excluding hydrogens is 262 g/mol. The molecular formula is C17H15N3O. The standard InChI is InChI=1S/C17H15N3O/c21-17-15(9-13-1-5-18-6-2-13)11-20-12-16(17)10-14-3-7-19-8-4-14/h1-10,20H,11-12H2/b15-9-,16-10+. The Morgan fingerprint density at radius 1 is 0.810 bits per heavy atom. The third kappa shape index (κ3) is 3.30. The van der Waals surface area contributed by atoms with E-state index in [0.717, 1.165) is 22.3 Å². The van der Waals surface area contributed by atoms with Crippen LogP contribution in [0.15, 0.2) is 60.2 Å². The lowest BCUT2D eigenvalue weighted by atomic mass is 9.96. The first-order chi connectivity index (χ1) is 10.3. The average molecular weight is 277 g/mol. The Kier molecular flexibility index (Phi) is 3.98. The van der Waals surface area contributed by atoms with Crippen molar-refractivity contribution >= 4 is 17.9 Å². The molecule has 0 aromatic carbocycles. The van der Waals surface area contributed by atoms with E-state index in [2.05, 4.69) is 15.3 Å². The first-order valence-electron chi connectivity index (χ1n) is 6.79. The molecule has 1 aliphatic heterocycles. The molecule has 1 aliphatic rings. The summed E-state index contributed by atoms with van der Waals surface area (Å²) in [5, 5.41) is 3.27. The molecule has 2 aromatic rings. The third-order valence-corrected chi connectivity index (χ3v) is 3.31. The summed E-state index contributed by atoms with van der Waals surface area (Å²) in [7, 11) is 0. The number of piperidine rings is 1. The number of Topliss-reactive ketones (excluding diaryl/α,β-unsaturated/α-hetero) is 1. The van der Waals surface area contributed by atoms with E-state index < -0.39 is 0 Å². The number of hydrogen-bond acceptors (Lipinski definition) is 4. The molecule has 1 N–H and O–H groups in total. The van der Waals surface area contributed by atoms with Crippen LogP contribution in [0.4, 0.5) is 0 Å². The molecule has 104 valence electrons. The summed E-state index contributed by atoms with van der Waals surface area (Å²) < 4.78 is 0. The fourth-order valence-electron chi connectivity index (χ4n) is 2.25. The topological polar surface area (TPSA) is 54.9 Å². The van der Waals surface area contributed by atoms with Gasteiger partial charge in [0.15, 0.2) is 5.78 Å². The van der Waals surface area contributed by atoms with Crippen LogP contribution in [0.2, 0.25) is 0 Å². The number of ketones is 1. The summed E-state index contributed by atoms with van der Waals surface area (Å²) >= 11 is 0. The first-order valence-corrected chi connectivity index (χ1v) is 6.79. The van der Waals surface area contributed by atoms with Crippen molar-refractivity contribution in [2.45, 2.75) is 0 Å². The van der Waals surface area contributed by atoms with Gasteiger partial charge in [-0.2, -0.15) is 0 Å². The molecule has 4 heteroatoms. The Morgan fingerprint density at radius 2 is 1.24 bits per heavy atom. The van der Waals surface area contributed by atoms with Gasteiger partial charge in [-0.3, -0.25) is 14.8 Å². The quantitative estimate of drug-likeness (QED) is 0.854. The van der Waals surface area contributed by atoms with Crippen LogP contribution in [0.25, 0.3) is 12.2 Å². The second kappa shape index (κ2) is 6.24. The predicted octanol–water partition coefficient (Wildman–Crippen LogP) is 2.12. The molecule has 3 heterocycles. The van der Waals surface area contributed by atoms with Gasteiger partial charge in [0.2, 0.25) is 0 Å². The van der Waals surface area contributed by atoms with Gasteiger partial charge in [0.05, 0.1) is 0 Å². The highest BCUT2D eigenvalue weighted by Gasteiger charge is 2.19. The average Bonchev–Trinajstić information content (AvgIpc) is 2.53. The highest BCUT2D eigenvalue weighted by molar-refractivity contribution is 6.14. The lowest BCUT2D eigenvalue weighted by molar-refractivity contribution is -0.112. The van der Waals surface area contributed by atoms with Crippen LogP contribution < -0.4 is 5.32 Å². The molecule has 0 bridgehead atoms. The first kappa shape index (κ1) is 13.4. The van der Waals surface area contributed by atoms with Gasteiger partial charge in [-0.15, -0.1) is 0 Å². The number of nitrogens with one attached hydrogen (secondary N) is 1. The smallest absolute Gasteiger partial charge is 0.187 e. The molecule has 4 nitrogen and oxygen atoms in total. The third-order valence-electron chi connectivity index (χ3n) is 3.31. The van der Waals surface area contributed by atoms with E-state index in [-0.39, 0.29) is 5.78 Å². The summed E-state index contributed by atoms with van der Waals surface area (Å²) in [5.41, 5.74) is 3.51. The predicted molar refractivity (Wildman–Crippen MR) is 82.3 cm³/mol. The minimum atomic E-state index is 0.0994. The van der Waals surface area contributed by atoms with Crippen LogP contribution in [0.1, 0.15) is 11.1 Å². The van der Waals surface area contributed by atoms with E-state index in [1.165, 1.54) is 0 Å². The normalized spacial score (nSPS) is 19.1. The second-order valence-electron chi connectivity index (χ2n) is 4.83. The van der Waals surface area contributed by atoms with E-state index in [0.29, 0.717) is 13.1 Å². The Balaban J connectivity index is 1.88. The number of aromatic nitrogens is 2. The monoisotopic (exact) mass is 277 g/mol. The molecule has 0 aliphatic carbocycles. The van der Waals surface area contributed by atoms with Gasteiger partial charge in [0, 0.05) is 49.0 Å². The molecule has 0 saturated carbocycles. The van der Waals surface area contributed by atoms with Crippen molar-refractivity contribution in [3.8, 4) is 0 Å². The molecule has 0 atom stereocenters. The molecule has 0 amide bonds. The van der Waals surface area contributed by atoms with Crippen molar-refractivity contribution < 1.29 is 4.79 Å². The Labute approximate surface area is 123 Å². The van der Waals surface area contributed by atoms with Crippen LogP contribution in [0.5, 0.6) is 0 Å². The zero-order valence-electron chi connectivity index (χ0n) is 11.5. The summed E-state index contributed by atoms with van der Waals surface area (Å²) in [5.74, 6) is 0.0994. The van der Waals surface area contributed by atoms with E-state index >= 15 is 0 Å². The van der Waals surface area contributed by atoms with Gasteiger partial charge < -0.3 is 5.32 Å². The lowest BCUT2D eigenvalue weighted by Gasteiger charge is -2.18. The van der Waals surface area contributed by atoms with Crippen molar-refractivity contribution in [2.24, 2.45) is 0 Å². The minimum absolute atomic E-state index is 0.0994. The number of carbonyl (C=O) groups is 1. The maximum Gasteiger partial charge on any atom is 0.187 e. The number of hydrogen-bond donors (Lipinski definition) is 1. The number of carbonyl (C=O) groups excluding carboxylic acids is 1. The number of nitrogens with zero attached hydrogens (tertiary/aromatic N) is 2. The highest BCUT2D eigenvalue weighted by Crippen LogP contribution is 2.16. The minimum Gasteiger partial charge on any atom is -0.308 e. The maximum atomic E-state index is 12.5. The molecule has 21 heavy (non-hydrogen) atoms. The molecule has 1 saturated heterocycles. The molecule has 3 rings (SSSR count). The van der Waals surface area contributed by atoms with Crippen LogP contribution in [-0.4, -0.2) is 28.8 Å². The van der Waals surface area contributed by atoms with Gasteiger partial charge in [-0.25, -0.2) is 0 Å². The van der Waals surface area contributed by atoms with Crippen LogP contribution in [0, 0.1) is 0 Å². The van der Waals surface area contributed by atoms with Crippen molar-refractivity contribution in [1.82, 2.24) is 15.3 Å². The molecule has 2 aromatic heterocycles. The summed E-state index contributed by atoms with van der Waals surface area (Å²) in [6, 6.07) is 7.56. The van der Waals surface area contributed by atoms with Crippen molar-refractivity contribution in [3.63, 3.8) is 0 Å². The fourth-order valence-corrected chi connectivity index (χ4v) is 2.25. The van der Waals surface area contributed by atoms with E-state index in [1.807, 2.05) is 36.4 Å². The maximum absolute atomic E-state index is 12.5. The largest absolute Gasteiger partial charge is 0.308 e. The van der Waals surface area contributed by atoms with Crippen molar-refractivity contribution in [1.29, 1.82) is 0 Å². The molecule has 1 fully saturated rings. The zero-order chi connectivity index (χ0) is 14.5. The van der Waals surface area contributed by atoms with Gasteiger partial charge >= 0.3 is 0 Å². The Morgan fingerprint density at radius 3 is 1.67 bits per heavy atom. The van der Waals surface area contributed by atoms with Crippen LogP contribution in [-0.2, 0) is 4.79 Å². The Hall–Kier alpha value is -2.59. The van der Waals surface area contributed by atoms with Gasteiger partial charge in [-0.05, 0) is 47.5 Å². The van der Waals surface area contributed by atoms with Gasteiger partial charge in [-0.1, -0.05) is 0 Å². The number of rotatable bonds is 2. The SMILES string of the molecule is O=C1/C(=C\c2ccncc2)CNC/C1=C\c1ccncc1. The highest BCUT2D eigenvalue weighted by atomic mass is 16.1. The molecule has 0 unspecified atom stereocenters. The zero-order valence-corrected chi connectivity index (χ0v) is 11.5. The van der Waals surface area contributed by atoms with Crippen LogP contribution >= 0.6 is 0 Å².